The SMILES string of the molecule is COCC(C)CC(=O)N1CC2CNCC2C1. The van der Waals surface area contributed by atoms with Crippen molar-refractivity contribution in [2.75, 3.05) is 39.9 Å². The number of carbonyl (C=O) groups excluding carboxylic acids is 1. The molecule has 2 heterocycles. The van der Waals surface area contributed by atoms with Crippen LogP contribution in [0.15, 0.2) is 0 Å². The van der Waals surface area contributed by atoms with Gasteiger partial charge in [0.05, 0.1) is 0 Å². The number of methoxy groups -OCH3 is 1. The molecule has 1 N–H and O–H groups in total. The first-order valence-electron chi connectivity index (χ1n) is 6.18. The summed E-state index contributed by atoms with van der Waals surface area (Å²) in [6, 6.07) is 0. The zero-order valence-electron chi connectivity index (χ0n) is 10.2. The minimum absolute atomic E-state index is 0.305. The van der Waals surface area contributed by atoms with Crippen LogP contribution in [0, 0.1) is 17.8 Å². The van der Waals surface area contributed by atoms with Crippen LogP contribution in [-0.2, 0) is 9.53 Å². The van der Waals surface area contributed by atoms with Crippen LogP contribution in [-0.4, -0.2) is 50.7 Å². The summed E-state index contributed by atoms with van der Waals surface area (Å²) in [6.45, 7) is 6.82. The molecule has 16 heavy (non-hydrogen) atoms. The maximum atomic E-state index is 12.0. The first-order chi connectivity index (χ1) is 7.70. The molecule has 0 aromatic heterocycles. The first kappa shape index (κ1) is 11.9. The highest BCUT2D eigenvalue weighted by Crippen LogP contribution is 2.27. The molecule has 0 aromatic carbocycles. The second-order valence-corrected chi connectivity index (χ2v) is 5.24. The molecule has 0 aromatic rings. The van der Waals surface area contributed by atoms with Gasteiger partial charge in [0.15, 0.2) is 0 Å². The summed E-state index contributed by atoms with van der Waals surface area (Å²) in [5.41, 5.74) is 0. The fraction of sp³-hybridized carbons (Fsp3) is 0.917. The molecule has 4 heteroatoms. The number of likely N-dealkylation sites (tertiary alicyclic amines) is 1. The molecule has 0 aliphatic carbocycles. The van der Waals surface area contributed by atoms with Crippen molar-refractivity contribution in [1.29, 1.82) is 0 Å². The second-order valence-electron chi connectivity index (χ2n) is 5.24. The minimum atomic E-state index is 0.305. The van der Waals surface area contributed by atoms with Gasteiger partial charge in [0.25, 0.3) is 0 Å². The lowest BCUT2D eigenvalue weighted by Gasteiger charge is -2.19. The lowest BCUT2D eigenvalue weighted by molar-refractivity contribution is -0.131. The summed E-state index contributed by atoms with van der Waals surface area (Å²) in [4.78, 5) is 14.1. The van der Waals surface area contributed by atoms with E-state index in [0.29, 0.717) is 36.7 Å². The van der Waals surface area contributed by atoms with Crippen molar-refractivity contribution in [1.82, 2.24) is 10.2 Å². The maximum absolute atomic E-state index is 12.0. The molecule has 1 amide bonds. The quantitative estimate of drug-likeness (QED) is 0.751. The molecule has 2 aliphatic heterocycles. The Balaban J connectivity index is 1.78. The van der Waals surface area contributed by atoms with Crippen molar-refractivity contribution < 1.29 is 9.53 Å². The van der Waals surface area contributed by atoms with Gasteiger partial charge >= 0.3 is 0 Å². The maximum Gasteiger partial charge on any atom is 0.222 e. The van der Waals surface area contributed by atoms with Gasteiger partial charge in [-0.2, -0.15) is 0 Å². The predicted octanol–water partition coefficient (Wildman–Crippen LogP) is 0.337. The van der Waals surface area contributed by atoms with Crippen molar-refractivity contribution >= 4 is 5.91 Å². The van der Waals surface area contributed by atoms with Gasteiger partial charge in [0, 0.05) is 46.3 Å². The van der Waals surface area contributed by atoms with Gasteiger partial charge in [0.1, 0.15) is 0 Å². The Bertz CT molecular complexity index is 245. The average Bonchev–Trinajstić information content (AvgIpc) is 2.76. The third-order valence-corrected chi connectivity index (χ3v) is 3.72. The summed E-state index contributed by atoms with van der Waals surface area (Å²) < 4.78 is 5.06. The van der Waals surface area contributed by atoms with Crippen LogP contribution in [0.2, 0.25) is 0 Å². The number of nitrogens with one attached hydrogen (secondary N) is 1. The average molecular weight is 226 g/mol. The van der Waals surface area contributed by atoms with Crippen LogP contribution in [0.1, 0.15) is 13.3 Å². The minimum Gasteiger partial charge on any atom is -0.384 e. The zero-order chi connectivity index (χ0) is 11.5. The Morgan fingerprint density at radius 2 is 2.06 bits per heavy atom. The molecule has 3 unspecified atom stereocenters. The summed E-state index contributed by atoms with van der Waals surface area (Å²) in [6.07, 6.45) is 0.626. The monoisotopic (exact) mass is 226 g/mol. The third kappa shape index (κ3) is 2.55. The highest BCUT2D eigenvalue weighted by atomic mass is 16.5. The molecule has 0 radical (unpaired) electrons. The predicted molar refractivity (Wildman–Crippen MR) is 62.1 cm³/mol. The van der Waals surface area contributed by atoms with E-state index in [9.17, 15) is 4.79 Å². The first-order valence-corrected chi connectivity index (χ1v) is 6.18. The molecule has 3 atom stereocenters. The summed E-state index contributed by atoms with van der Waals surface area (Å²) in [7, 11) is 1.69. The number of ether oxygens (including phenoxy) is 1. The van der Waals surface area contributed by atoms with Crippen LogP contribution in [0.3, 0.4) is 0 Å². The van der Waals surface area contributed by atoms with Crippen molar-refractivity contribution in [3.63, 3.8) is 0 Å². The third-order valence-electron chi connectivity index (χ3n) is 3.72. The summed E-state index contributed by atoms with van der Waals surface area (Å²) >= 11 is 0. The van der Waals surface area contributed by atoms with E-state index in [1.165, 1.54) is 0 Å². The van der Waals surface area contributed by atoms with E-state index in [1.54, 1.807) is 7.11 Å². The number of hydrogen-bond donors (Lipinski definition) is 1. The van der Waals surface area contributed by atoms with Crippen molar-refractivity contribution in [2.24, 2.45) is 17.8 Å². The van der Waals surface area contributed by atoms with Crippen molar-refractivity contribution in [3.8, 4) is 0 Å². The van der Waals surface area contributed by atoms with E-state index < -0.39 is 0 Å². The lowest BCUT2D eigenvalue weighted by atomic mass is 10.0. The molecule has 2 saturated heterocycles. The van der Waals surface area contributed by atoms with E-state index in [-0.39, 0.29) is 0 Å². The highest BCUT2D eigenvalue weighted by molar-refractivity contribution is 5.76. The van der Waals surface area contributed by atoms with E-state index in [4.69, 9.17) is 4.74 Å². The Kier molecular flexibility index (Phi) is 3.82. The molecule has 2 rings (SSSR count). The molecule has 2 fully saturated rings. The Morgan fingerprint density at radius 3 is 2.62 bits per heavy atom. The summed E-state index contributed by atoms with van der Waals surface area (Å²) in [5, 5.41) is 3.39. The van der Waals surface area contributed by atoms with Crippen molar-refractivity contribution in [2.45, 2.75) is 13.3 Å². The van der Waals surface area contributed by atoms with Gasteiger partial charge in [-0.25, -0.2) is 0 Å². The zero-order valence-corrected chi connectivity index (χ0v) is 10.2. The number of amides is 1. The second kappa shape index (κ2) is 5.15. The van der Waals surface area contributed by atoms with E-state index in [1.807, 2.05) is 4.90 Å². The highest BCUT2D eigenvalue weighted by Gasteiger charge is 2.37. The molecule has 0 bridgehead atoms. The molecule has 2 aliphatic rings. The number of carbonyl (C=O) groups is 1. The van der Waals surface area contributed by atoms with Gasteiger partial charge in [-0.3, -0.25) is 4.79 Å². The van der Waals surface area contributed by atoms with Crippen LogP contribution >= 0.6 is 0 Å². The van der Waals surface area contributed by atoms with Crippen LogP contribution < -0.4 is 5.32 Å². The molecular weight excluding hydrogens is 204 g/mol. The Labute approximate surface area is 97.3 Å². The molecule has 92 valence electrons. The Hall–Kier alpha value is -0.610. The fourth-order valence-corrected chi connectivity index (χ4v) is 2.83. The molecule has 0 saturated carbocycles. The molecule has 0 spiro atoms. The smallest absolute Gasteiger partial charge is 0.222 e. The number of fused-ring (bicyclic) bond motifs is 1. The van der Waals surface area contributed by atoms with Gasteiger partial charge in [-0.15, -0.1) is 0 Å². The lowest BCUT2D eigenvalue weighted by Crippen LogP contribution is -2.33. The number of nitrogens with zero attached hydrogens (tertiary/aromatic N) is 1. The van der Waals surface area contributed by atoms with Gasteiger partial charge in [-0.05, 0) is 17.8 Å². The van der Waals surface area contributed by atoms with Crippen LogP contribution in [0.4, 0.5) is 0 Å². The van der Waals surface area contributed by atoms with Crippen LogP contribution in [0.5, 0.6) is 0 Å². The van der Waals surface area contributed by atoms with Gasteiger partial charge in [-0.1, -0.05) is 6.92 Å². The summed E-state index contributed by atoms with van der Waals surface area (Å²) in [5.74, 6) is 2.03. The van der Waals surface area contributed by atoms with Crippen LogP contribution in [0.25, 0.3) is 0 Å². The fourth-order valence-electron chi connectivity index (χ4n) is 2.83. The standard InChI is InChI=1S/C12H22N2O2/c1-9(8-16-2)3-12(15)14-6-10-4-13-5-11(10)7-14/h9-11,13H,3-8H2,1-2H3. The van der Waals surface area contributed by atoms with E-state index in [0.717, 1.165) is 26.2 Å². The van der Waals surface area contributed by atoms with Gasteiger partial charge < -0.3 is 15.0 Å². The van der Waals surface area contributed by atoms with Gasteiger partial charge in [0.2, 0.25) is 5.91 Å². The Morgan fingerprint density at radius 1 is 1.44 bits per heavy atom. The van der Waals surface area contributed by atoms with E-state index in [2.05, 4.69) is 12.2 Å². The van der Waals surface area contributed by atoms with E-state index >= 15 is 0 Å². The topological polar surface area (TPSA) is 41.6 Å². The molecular formula is C12H22N2O2. The molecule has 4 nitrogen and oxygen atoms in total. The largest absolute Gasteiger partial charge is 0.384 e. The number of rotatable bonds is 4. The normalized spacial score (nSPS) is 30.5. The number of hydrogen-bond acceptors (Lipinski definition) is 3. The van der Waals surface area contributed by atoms with Crippen molar-refractivity contribution in [3.05, 3.63) is 0 Å².